The molecule has 0 saturated carbocycles. The van der Waals surface area contributed by atoms with Crippen LogP contribution in [0.5, 0.6) is 0 Å². The number of carbonyl (C=O) groups is 2. The number of imidazole rings is 1. The molecule has 1 heterocycles. The highest BCUT2D eigenvalue weighted by molar-refractivity contribution is 5.97. The molecule has 0 radical (unpaired) electrons. The Hall–Kier alpha value is -2.57. The van der Waals surface area contributed by atoms with E-state index in [2.05, 4.69) is 10.3 Å². The Balaban J connectivity index is 2.14. The topological polar surface area (TPSA) is 104 Å². The summed E-state index contributed by atoms with van der Waals surface area (Å²) in [7, 11) is 1.62. The van der Waals surface area contributed by atoms with Crippen LogP contribution in [0.3, 0.4) is 0 Å². The minimum absolute atomic E-state index is 0.00674. The maximum atomic E-state index is 12.1. The first kappa shape index (κ1) is 14.8. The highest BCUT2D eigenvalue weighted by atomic mass is 16.4. The molecule has 0 aliphatic rings. The Morgan fingerprint density at radius 2 is 2.14 bits per heavy atom. The van der Waals surface area contributed by atoms with Gasteiger partial charge in [0.05, 0.1) is 11.0 Å². The number of aliphatic carboxylic acids is 1. The highest BCUT2D eigenvalue weighted by Gasteiger charge is 2.13. The average molecular weight is 291 g/mol. The van der Waals surface area contributed by atoms with Crippen molar-refractivity contribution in [2.75, 3.05) is 0 Å². The van der Waals surface area contributed by atoms with Crippen molar-refractivity contribution in [2.24, 2.45) is 7.05 Å². The Kier molecular flexibility index (Phi) is 4.11. The number of hydrogen-bond acceptors (Lipinski definition) is 3. The molecule has 1 aromatic carbocycles. The van der Waals surface area contributed by atoms with E-state index < -0.39 is 5.97 Å². The number of carbonyl (C=O) groups excluding carboxylic acids is 1. The summed E-state index contributed by atoms with van der Waals surface area (Å²) in [5.74, 6) is -1.18. The lowest BCUT2D eigenvalue weighted by Gasteiger charge is -2.12. The second kappa shape index (κ2) is 5.82. The average Bonchev–Trinajstić information content (AvgIpc) is 2.71. The quantitative estimate of drug-likeness (QED) is 0.759. The summed E-state index contributed by atoms with van der Waals surface area (Å²) in [5.41, 5.74) is 1.50. The largest absolute Gasteiger partial charge is 0.481 e. The van der Waals surface area contributed by atoms with Crippen LogP contribution in [-0.2, 0) is 11.8 Å². The SMILES string of the molecule is CC(CCC(=O)O)NC(=O)c1ccc2[nH]c(=O)n(C)c2c1. The molecule has 21 heavy (non-hydrogen) atoms. The third-order valence-electron chi connectivity index (χ3n) is 3.34. The van der Waals surface area contributed by atoms with E-state index in [0.717, 1.165) is 0 Å². The molecular formula is C14H17N3O4. The Morgan fingerprint density at radius 3 is 2.81 bits per heavy atom. The third-order valence-corrected chi connectivity index (χ3v) is 3.34. The molecule has 0 spiro atoms. The number of nitrogens with zero attached hydrogens (tertiary/aromatic N) is 1. The van der Waals surface area contributed by atoms with Gasteiger partial charge in [0.25, 0.3) is 5.91 Å². The van der Waals surface area contributed by atoms with Crippen LogP contribution < -0.4 is 11.0 Å². The van der Waals surface area contributed by atoms with E-state index in [1.54, 1.807) is 32.2 Å². The zero-order valence-electron chi connectivity index (χ0n) is 11.8. The number of carboxylic acids is 1. The van der Waals surface area contributed by atoms with Crippen LogP contribution in [-0.4, -0.2) is 32.6 Å². The van der Waals surface area contributed by atoms with E-state index in [9.17, 15) is 14.4 Å². The predicted molar refractivity (Wildman–Crippen MR) is 77.3 cm³/mol. The first-order valence-electron chi connectivity index (χ1n) is 6.60. The van der Waals surface area contributed by atoms with Gasteiger partial charge in [-0.15, -0.1) is 0 Å². The molecule has 2 aromatic rings. The molecule has 1 unspecified atom stereocenters. The van der Waals surface area contributed by atoms with Gasteiger partial charge in [0.2, 0.25) is 0 Å². The number of fused-ring (bicyclic) bond motifs is 1. The molecule has 1 amide bonds. The molecule has 112 valence electrons. The fraction of sp³-hybridized carbons (Fsp3) is 0.357. The lowest BCUT2D eigenvalue weighted by molar-refractivity contribution is -0.137. The maximum Gasteiger partial charge on any atom is 0.326 e. The summed E-state index contributed by atoms with van der Waals surface area (Å²) < 4.78 is 1.43. The normalized spacial score (nSPS) is 12.3. The number of aromatic amines is 1. The molecule has 0 aliphatic carbocycles. The van der Waals surface area contributed by atoms with Gasteiger partial charge in [0.1, 0.15) is 0 Å². The van der Waals surface area contributed by atoms with Gasteiger partial charge in [0, 0.05) is 25.1 Å². The maximum absolute atomic E-state index is 12.1. The van der Waals surface area contributed by atoms with Crippen LogP contribution in [0.15, 0.2) is 23.0 Å². The fourth-order valence-corrected chi connectivity index (χ4v) is 2.08. The molecule has 7 nitrogen and oxygen atoms in total. The minimum Gasteiger partial charge on any atom is -0.481 e. The molecule has 2 rings (SSSR count). The van der Waals surface area contributed by atoms with E-state index >= 15 is 0 Å². The Bertz CT molecular complexity index is 744. The lowest BCUT2D eigenvalue weighted by Crippen LogP contribution is -2.32. The summed E-state index contributed by atoms with van der Waals surface area (Å²) >= 11 is 0. The van der Waals surface area contributed by atoms with Gasteiger partial charge in [-0.25, -0.2) is 4.79 Å². The minimum atomic E-state index is -0.889. The van der Waals surface area contributed by atoms with Gasteiger partial charge in [-0.1, -0.05) is 0 Å². The zero-order chi connectivity index (χ0) is 15.6. The first-order valence-corrected chi connectivity index (χ1v) is 6.60. The number of carboxylic acid groups (broad SMARTS) is 1. The lowest BCUT2D eigenvalue weighted by atomic mass is 10.1. The van der Waals surface area contributed by atoms with Gasteiger partial charge >= 0.3 is 11.7 Å². The van der Waals surface area contributed by atoms with E-state index in [1.807, 2.05) is 0 Å². The second-order valence-corrected chi connectivity index (χ2v) is 5.03. The molecule has 3 N–H and O–H groups in total. The summed E-state index contributed by atoms with van der Waals surface area (Å²) in [4.78, 5) is 36.8. The van der Waals surface area contributed by atoms with Crippen molar-refractivity contribution in [2.45, 2.75) is 25.8 Å². The van der Waals surface area contributed by atoms with Crippen molar-refractivity contribution >= 4 is 22.9 Å². The summed E-state index contributed by atoms with van der Waals surface area (Å²) in [5, 5.41) is 11.4. The molecule has 7 heteroatoms. The number of amides is 1. The van der Waals surface area contributed by atoms with Crippen LogP contribution in [0.1, 0.15) is 30.1 Å². The number of aromatic nitrogens is 2. The summed E-state index contributed by atoms with van der Waals surface area (Å²) in [6.07, 6.45) is 0.374. The summed E-state index contributed by atoms with van der Waals surface area (Å²) in [6, 6.07) is 4.69. The standard InChI is InChI=1S/C14H17N3O4/c1-8(3-6-12(18)19)15-13(20)9-4-5-10-11(7-9)17(2)14(21)16-10/h4-5,7-8H,3,6H2,1-2H3,(H,15,20)(H,16,21)(H,18,19). The molecule has 0 fully saturated rings. The molecule has 1 atom stereocenters. The van der Waals surface area contributed by atoms with Crippen molar-refractivity contribution < 1.29 is 14.7 Å². The molecule has 1 aromatic heterocycles. The third kappa shape index (κ3) is 3.31. The zero-order valence-corrected chi connectivity index (χ0v) is 11.8. The van der Waals surface area contributed by atoms with E-state index in [-0.39, 0.29) is 24.1 Å². The Morgan fingerprint density at radius 1 is 1.43 bits per heavy atom. The first-order chi connectivity index (χ1) is 9.88. The van der Waals surface area contributed by atoms with Crippen molar-refractivity contribution in [1.29, 1.82) is 0 Å². The Labute approximate surface area is 120 Å². The number of aryl methyl sites for hydroxylation is 1. The van der Waals surface area contributed by atoms with E-state index in [1.165, 1.54) is 4.57 Å². The number of nitrogens with one attached hydrogen (secondary N) is 2. The number of rotatable bonds is 5. The van der Waals surface area contributed by atoms with Gasteiger partial charge in [-0.05, 0) is 31.5 Å². The van der Waals surface area contributed by atoms with Crippen LogP contribution in [0.4, 0.5) is 0 Å². The summed E-state index contributed by atoms with van der Waals surface area (Å²) in [6.45, 7) is 1.76. The smallest absolute Gasteiger partial charge is 0.326 e. The van der Waals surface area contributed by atoms with Gasteiger partial charge < -0.3 is 15.4 Å². The molecule has 0 saturated heterocycles. The number of benzene rings is 1. The van der Waals surface area contributed by atoms with Crippen molar-refractivity contribution in [3.63, 3.8) is 0 Å². The number of hydrogen-bond donors (Lipinski definition) is 3. The molecule has 0 bridgehead atoms. The predicted octanol–water partition coefficient (Wildman–Crippen LogP) is 0.850. The molecule has 0 aliphatic heterocycles. The highest BCUT2D eigenvalue weighted by Crippen LogP contribution is 2.12. The van der Waals surface area contributed by atoms with Gasteiger partial charge in [-0.2, -0.15) is 0 Å². The molecular weight excluding hydrogens is 274 g/mol. The van der Waals surface area contributed by atoms with Crippen LogP contribution in [0.2, 0.25) is 0 Å². The van der Waals surface area contributed by atoms with E-state index in [4.69, 9.17) is 5.11 Å². The van der Waals surface area contributed by atoms with E-state index in [0.29, 0.717) is 23.0 Å². The van der Waals surface area contributed by atoms with Gasteiger partial charge in [0.15, 0.2) is 0 Å². The van der Waals surface area contributed by atoms with Crippen LogP contribution in [0.25, 0.3) is 11.0 Å². The van der Waals surface area contributed by atoms with Crippen molar-refractivity contribution in [3.8, 4) is 0 Å². The van der Waals surface area contributed by atoms with Crippen molar-refractivity contribution in [3.05, 3.63) is 34.2 Å². The monoisotopic (exact) mass is 291 g/mol. The number of H-pyrrole nitrogens is 1. The van der Waals surface area contributed by atoms with Crippen LogP contribution >= 0.6 is 0 Å². The second-order valence-electron chi connectivity index (χ2n) is 5.03. The van der Waals surface area contributed by atoms with Crippen LogP contribution in [0, 0.1) is 0 Å². The fourth-order valence-electron chi connectivity index (χ4n) is 2.08. The van der Waals surface area contributed by atoms with Gasteiger partial charge in [-0.3, -0.25) is 14.2 Å². The van der Waals surface area contributed by atoms with Crippen molar-refractivity contribution in [1.82, 2.24) is 14.9 Å².